The Labute approximate surface area is 221 Å². The molecule has 1 saturated carbocycles. The molecular formula is C29H33FN2O6. The van der Waals surface area contributed by atoms with Gasteiger partial charge in [-0.25, -0.2) is 14.4 Å². The molecule has 9 heteroatoms. The van der Waals surface area contributed by atoms with Crippen LogP contribution in [0, 0.1) is 22.6 Å². The highest BCUT2D eigenvalue weighted by Crippen LogP contribution is 2.68. The van der Waals surface area contributed by atoms with Gasteiger partial charge in [0.2, 0.25) is 5.88 Å². The van der Waals surface area contributed by atoms with E-state index in [1.54, 1.807) is 30.3 Å². The summed E-state index contributed by atoms with van der Waals surface area (Å²) >= 11 is 0. The molecule has 0 aliphatic heterocycles. The Hall–Kier alpha value is -3.72. The summed E-state index contributed by atoms with van der Waals surface area (Å²) in [5.41, 5.74) is 1.56. The lowest BCUT2D eigenvalue weighted by molar-refractivity contribution is -0.139. The Bertz CT molecular complexity index is 1310. The van der Waals surface area contributed by atoms with Gasteiger partial charge in [0.05, 0.1) is 32.4 Å². The van der Waals surface area contributed by atoms with E-state index in [-0.39, 0.29) is 34.6 Å². The number of hydrogen-bond acceptors (Lipinski definition) is 7. The minimum absolute atomic E-state index is 0.0309. The van der Waals surface area contributed by atoms with Gasteiger partial charge in [-0.1, -0.05) is 39.8 Å². The number of hydrogen-bond donors (Lipinski definition) is 2. The van der Waals surface area contributed by atoms with Crippen LogP contribution in [0.2, 0.25) is 0 Å². The summed E-state index contributed by atoms with van der Waals surface area (Å²) in [5.74, 6) is -0.173. The third kappa shape index (κ3) is 5.57. The summed E-state index contributed by atoms with van der Waals surface area (Å²) in [6, 6.07) is 11.0. The highest BCUT2D eigenvalue weighted by atomic mass is 19.1. The molecule has 0 unspecified atom stereocenters. The second-order valence-corrected chi connectivity index (χ2v) is 10.6. The van der Waals surface area contributed by atoms with Crippen LogP contribution in [-0.4, -0.2) is 39.9 Å². The summed E-state index contributed by atoms with van der Waals surface area (Å²) in [7, 11) is 1.51. The molecule has 1 atom stereocenters. The predicted octanol–water partition coefficient (Wildman–Crippen LogP) is 5.44. The van der Waals surface area contributed by atoms with Crippen molar-refractivity contribution in [2.45, 2.75) is 46.8 Å². The normalized spacial score (nSPS) is 16.5. The number of aliphatic carboxylic acids is 1. The van der Waals surface area contributed by atoms with Crippen molar-refractivity contribution >= 4 is 5.97 Å². The average molecular weight is 525 g/mol. The first-order valence-corrected chi connectivity index (χ1v) is 12.4. The fourth-order valence-electron chi connectivity index (χ4n) is 4.74. The van der Waals surface area contributed by atoms with E-state index in [1.165, 1.54) is 25.4 Å². The Kier molecular flexibility index (Phi) is 7.60. The number of aromatic nitrogens is 2. The number of carbonyl (C=O) groups is 1. The molecule has 0 saturated heterocycles. The molecule has 202 valence electrons. The first-order valence-electron chi connectivity index (χ1n) is 12.4. The van der Waals surface area contributed by atoms with Crippen molar-refractivity contribution in [2.75, 3.05) is 13.7 Å². The van der Waals surface area contributed by atoms with E-state index < -0.39 is 24.3 Å². The van der Waals surface area contributed by atoms with Crippen molar-refractivity contribution in [1.29, 1.82) is 0 Å². The van der Waals surface area contributed by atoms with Gasteiger partial charge in [-0.2, -0.15) is 0 Å². The minimum Gasteiger partial charge on any atom is -0.497 e. The zero-order valence-corrected chi connectivity index (χ0v) is 22.2. The number of carboxylic acids is 1. The van der Waals surface area contributed by atoms with Crippen molar-refractivity contribution in [1.82, 2.24) is 9.97 Å². The Balaban J connectivity index is 1.58. The van der Waals surface area contributed by atoms with Crippen molar-refractivity contribution in [2.24, 2.45) is 16.7 Å². The van der Waals surface area contributed by atoms with Gasteiger partial charge in [-0.15, -0.1) is 0 Å². The molecule has 2 N–H and O–H groups in total. The molecule has 3 aromatic rings. The third-order valence-corrected chi connectivity index (χ3v) is 7.92. The number of aliphatic hydroxyl groups excluding tert-OH is 1. The average Bonchev–Trinajstić information content (AvgIpc) is 3.28. The maximum atomic E-state index is 14.8. The molecule has 0 amide bonds. The zero-order chi connectivity index (χ0) is 27.7. The van der Waals surface area contributed by atoms with Crippen molar-refractivity contribution in [3.8, 4) is 28.6 Å². The molecule has 1 heterocycles. The number of carboxylic acid groups (broad SMARTS) is 1. The lowest BCUT2D eigenvalue weighted by atomic mass is 10.0. The third-order valence-electron chi connectivity index (χ3n) is 7.92. The van der Waals surface area contributed by atoms with Crippen LogP contribution in [0.25, 0.3) is 11.3 Å². The first-order chi connectivity index (χ1) is 17.9. The second-order valence-electron chi connectivity index (χ2n) is 10.6. The van der Waals surface area contributed by atoms with Crippen LogP contribution in [0.1, 0.15) is 51.5 Å². The monoisotopic (exact) mass is 524 g/mol. The number of aliphatic hydroxyl groups is 1. The largest absolute Gasteiger partial charge is 0.497 e. The molecule has 1 aliphatic carbocycles. The Morgan fingerprint density at radius 1 is 1.08 bits per heavy atom. The van der Waals surface area contributed by atoms with Crippen LogP contribution in [0.3, 0.4) is 0 Å². The molecule has 8 nitrogen and oxygen atoms in total. The van der Waals surface area contributed by atoms with Crippen molar-refractivity contribution in [3.05, 3.63) is 65.7 Å². The zero-order valence-electron chi connectivity index (χ0n) is 22.2. The predicted molar refractivity (Wildman–Crippen MR) is 139 cm³/mol. The molecule has 4 rings (SSSR count). The van der Waals surface area contributed by atoms with Crippen LogP contribution < -0.4 is 14.2 Å². The number of benzene rings is 2. The maximum absolute atomic E-state index is 14.8. The lowest BCUT2D eigenvalue weighted by Crippen LogP contribution is -2.10. The molecule has 0 spiro atoms. The minimum atomic E-state index is -1.15. The fraction of sp³-hybridized carbons (Fsp3) is 0.414. The molecule has 1 aromatic heterocycles. The lowest BCUT2D eigenvalue weighted by Gasteiger charge is -2.14. The molecule has 2 aromatic carbocycles. The second kappa shape index (κ2) is 10.6. The van der Waals surface area contributed by atoms with Crippen LogP contribution in [-0.2, 0) is 11.4 Å². The van der Waals surface area contributed by atoms with Crippen LogP contribution >= 0.6 is 0 Å². The van der Waals surface area contributed by atoms with Crippen molar-refractivity contribution < 1.29 is 33.6 Å². The van der Waals surface area contributed by atoms with Crippen LogP contribution in [0.15, 0.2) is 48.7 Å². The number of nitrogens with zero attached hydrogens (tertiary/aromatic N) is 2. The topological polar surface area (TPSA) is 111 Å². The van der Waals surface area contributed by atoms with Gasteiger partial charge in [0.1, 0.15) is 35.3 Å². The summed E-state index contributed by atoms with van der Waals surface area (Å²) in [4.78, 5) is 20.0. The summed E-state index contributed by atoms with van der Waals surface area (Å²) < 4.78 is 32.1. The summed E-state index contributed by atoms with van der Waals surface area (Å²) in [6.07, 6.45) is -0.0642. The number of rotatable bonds is 11. The fourth-order valence-corrected chi connectivity index (χ4v) is 4.74. The van der Waals surface area contributed by atoms with Gasteiger partial charge < -0.3 is 24.4 Å². The van der Waals surface area contributed by atoms with Gasteiger partial charge in [-0.05, 0) is 46.7 Å². The molecule has 38 heavy (non-hydrogen) atoms. The molecule has 1 aliphatic rings. The van der Waals surface area contributed by atoms with E-state index in [0.717, 1.165) is 0 Å². The summed E-state index contributed by atoms with van der Waals surface area (Å²) in [6.45, 7) is 9.22. The van der Waals surface area contributed by atoms with Gasteiger partial charge >= 0.3 is 5.97 Å². The Morgan fingerprint density at radius 2 is 1.82 bits per heavy atom. The van der Waals surface area contributed by atoms with Crippen LogP contribution in [0.5, 0.6) is 17.4 Å². The smallest absolute Gasteiger partial charge is 0.306 e. The molecule has 0 radical (unpaired) electrons. The SMILES string of the molecule is COc1ccc(F)c(-c2ncc(COc3cccc([C@H](O)CC(=O)O)c3)nc2OCC2C(C)(C)C2(C)C)c1. The number of methoxy groups -OCH3 is 1. The van der Waals surface area contributed by atoms with Gasteiger partial charge in [0, 0.05) is 11.5 Å². The van der Waals surface area contributed by atoms with Gasteiger partial charge in [0.15, 0.2) is 0 Å². The quantitative estimate of drug-likeness (QED) is 0.341. The highest BCUT2D eigenvalue weighted by Gasteiger charge is 2.64. The first kappa shape index (κ1) is 27.3. The van der Waals surface area contributed by atoms with E-state index in [4.69, 9.17) is 19.3 Å². The van der Waals surface area contributed by atoms with E-state index >= 15 is 0 Å². The number of ether oxygens (including phenoxy) is 3. The molecule has 0 bridgehead atoms. The summed E-state index contributed by atoms with van der Waals surface area (Å²) in [5, 5.41) is 19.0. The highest BCUT2D eigenvalue weighted by molar-refractivity contribution is 5.68. The van der Waals surface area contributed by atoms with Gasteiger partial charge in [0.25, 0.3) is 0 Å². The van der Waals surface area contributed by atoms with Gasteiger partial charge in [-0.3, -0.25) is 4.79 Å². The standard InChI is InChI=1S/C29H33FN2O6/c1-28(2)24(29(28,3)4)16-38-27-26(21-12-19(36-5)9-10-22(21)30)31-14-18(32-27)15-37-20-8-6-7-17(11-20)23(33)13-25(34)35/h6-12,14,23-24,33H,13,15-16H2,1-5H3,(H,34,35)/t23-/m1/s1. The van der Waals surface area contributed by atoms with Crippen LogP contribution in [0.4, 0.5) is 4.39 Å². The molecule has 1 fully saturated rings. The van der Waals surface area contributed by atoms with E-state index in [9.17, 15) is 14.3 Å². The maximum Gasteiger partial charge on any atom is 0.306 e. The number of halogens is 1. The van der Waals surface area contributed by atoms with E-state index in [0.29, 0.717) is 35.3 Å². The molecular weight excluding hydrogens is 491 g/mol. The van der Waals surface area contributed by atoms with E-state index in [2.05, 4.69) is 37.7 Å². The van der Waals surface area contributed by atoms with E-state index in [1.807, 2.05) is 0 Å². The Morgan fingerprint density at radius 3 is 2.47 bits per heavy atom. The van der Waals surface area contributed by atoms with Crippen molar-refractivity contribution in [3.63, 3.8) is 0 Å².